The standard InChI is InChI=1S/C30H50FN3O6Si/c1-29(2,3)40-28(36)34-16-10-11-24(34)25(35)32-18-21-17-23(31)27(33-26(21)37-7)39-22-14-12-20(13-15-22)19-38-41(8,9)30(4,5)6/h17,20,22,24H,10-16,18-19H2,1-9H3,(H,32,35). The minimum Gasteiger partial charge on any atom is -0.481 e. The lowest BCUT2D eigenvalue weighted by Crippen LogP contribution is -2.47. The second-order valence-corrected chi connectivity index (χ2v) is 18.6. The van der Waals surface area contributed by atoms with E-state index in [0.29, 0.717) is 30.9 Å². The maximum absolute atomic E-state index is 15.1. The molecule has 1 aromatic heterocycles. The van der Waals surface area contributed by atoms with E-state index in [4.69, 9.17) is 18.6 Å². The van der Waals surface area contributed by atoms with E-state index in [1.807, 2.05) is 0 Å². The second-order valence-electron chi connectivity index (χ2n) is 13.8. The number of halogens is 1. The van der Waals surface area contributed by atoms with Crippen molar-refractivity contribution in [1.29, 1.82) is 0 Å². The van der Waals surface area contributed by atoms with E-state index in [9.17, 15) is 9.59 Å². The number of hydrogen-bond donors (Lipinski definition) is 1. The molecule has 0 aromatic carbocycles. The van der Waals surface area contributed by atoms with Crippen LogP contribution in [0.5, 0.6) is 11.8 Å². The van der Waals surface area contributed by atoms with Gasteiger partial charge < -0.3 is 24.0 Å². The lowest BCUT2D eigenvalue weighted by molar-refractivity contribution is -0.125. The monoisotopic (exact) mass is 595 g/mol. The van der Waals surface area contributed by atoms with Gasteiger partial charge in [-0.3, -0.25) is 9.69 Å². The first-order valence-corrected chi connectivity index (χ1v) is 17.7. The minimum atomic E-state index is -1.78. The predicted octanol–water partition coefficient (Wildman–Crippen LogP) is 6.20. The molecule has 1 atom stereocenters. The molecule has 1 aliphatic heterocycles. The Kier molecular flexibility index (Phi) is 10.7. The van der Waals surface area contributed by atoms with Crippen LogP contribution in [0.2, 0.25) is 18.1 Å². The van der Waals surface area contributed by atoms with Gasteiger partial charge in [0.2, 0.25) is 11.8 Å². The van der Waals surface area contributed by atoms with Crippen molar-refractivity contribution in [3.05, 3.63) is 17.4 Å². The first-order valence-electron chi connectivity index (χ1n) is 14.8. The molecule has 3 rings (SSSR count). The molecule has 2 heterocycles. The van der Waals surface area contributed by atoms with Gasteiger partial charge in [0.15, 0.2) is 14.1 Å². The first-order chi connectivity index (χ1) is 19.0. The van der Waals surface area contributed by atoms with Gasteiger partial charge in [0.25, 0.3) is 5.88 Å². The number of ether oxygens (including phenoxy) is 3. The fourth-order valence-corrected chi connectivity index (χ4v) is 5.96. The zero-order chi connectivity index (χ0) is 30.6. The van der Waals surface area contributed by atoms with Crippen LogP contribution in [0.3, 0.4) is 0 Å². The third kappa shape index (κ3) is 9.04. The van der Waals surface area contributed by atoms with Crippen molar-refractivity contribution in [2.45, 2.75) is 122 Å². The quantitative estimate of drug-likeness (QED) is 0.339. The molecule has 1 unspecified atom stereocenters. The van der Waals surface area contributed by atoms with Crippen LogP contribution in [0.1, 0.15) is 85.6 Å². The zero-order valence-electron chi connectivity index (χ0n) is 26.4. The summed E-state index contributed by atoms with van der Waals surface area (Å²) in [5.74, 6) is -0.355. The van der Waals surface area contributed by atoms with Crippen LogP contribution in [-0.4, -0.2) is 68.2 Å². The van der Waals surface area contributed by atoms with Gasteiger partial charge in [-0.2, -0.15) is 4.98 Å². The van der Waals surface area contributed by atoms with Crippen LogP contribution in [0.25, 0.3) is 0 Å². The number of nitrogens with one attached hydrogen (secondary N) is 1. The largest absolute Gasteiger partial charge is 0.481 e. The first kappa shape index (κ1) is 33.1. The van der Waals surface area contributed by atoms with Crippen LogP contribution in [0, 0.1) is 11.7 Å². The fraction of sp³-hybridized carbons (Fsp3) is 0.767. The molecule has 1 saturated heterocycles. The maximum Gasteiger partial charge on any atom is 0.410 e. The van der Waals surface area contributed by atoms with E-state index in [1.54, 1.807) is 20.8 Å². The van der Waals surface area contributed by atoms with Crippen LogP contribution >= 0.6 is 0 Å². The highest BCUT2D eigenvalue weighted by Crippen LogP contribution is 2.38. The lowest BCUT2D eigenvalue weighted by Gasteiger charge is -2.38. The Morgan fingerprint density at radius 3 is 2.32 bits per heavy atom. The second kappa shape index (κ2) is 13.3. The Balaban J connectivity index is 1.54. The van der Waals surface area contributed by atoms with E-state index < -0.39 is 31.9 Å². The zero-order valence-corrected chi connectivity index (χ0v) is 27.4. The number of amides is 2. The van der Waals surface area contributed by atoms with E-state index in [-0.39, 0.29) is 35.4 Å². The molecule has 1 aromatic rings. The Hall–Kier alpha value is -2.40. The van der Waals surface area contributed by atoms with Gasteiger partial charge in [0, 0.05) is 25.3 Å². The summed E-state index contributed by atoms with van der Waals surface area (Å²) in [6.07, 6.45) is 4.13. The number of methoxy groups -OCH3 is 1. The summed E-state index contributed by atoms with van der Waals surface area (Å²) in [7, 11) is -0.335. The van der Waals surface area contributed by atoms with Crippen molar-refractivity contribution < 1.29 is 32.6 Å². The Labute approximate surface area is 246 Å². The summed E-state index contributed by atoms with van der Waals surface area (Å²) in [5, 5.41) is 2.99. The van der Waals surface area contributed by atoms with Crippen LogP contribution in [-0.2, 0) is 20.5 Å². The molecule has 0 bridgehead atoms. The molecule has 1 aliphatic carbocycles. The topological polar surface area (TPSA) is 99.2 Å². The number of likely N-dealkylation sites (tertiary alicyclic amines) is 1. The van der Waals surface area contributed by atoms with Crippen molar-refractivity contribution in [2.75, 3.05) is 20.3 Å². The van der Waals surface area contributed by atoms with Crippen molar-refractivity contribution in [1.82, 2.24) is 15.2 Å². The van der Waals surface area contributed by atoms with Crippen LogP contribution < -0.4 is 14.8 Å². The predicted molar refractivity (Wildman–Crippen MR) is 158 cm³/mol. The molecule has 2 amide bonds. The van der Waals surface area contributed by atoms with Crippen molar-refractivity contribution in [3.8, 4) is 11.8 Å². The van der Waals surface area contributed by atoms with E-state index in [1.165, 1.54) is 18.1 Å². The number of carbonyl (C=O) groups excluding carboxylic acids is 2. The molecule has 1 saturated carbocycles. The van der Waals surface area contributed by atoms with Gasteiger partial charge in [0.05, 0.1) is 7.11 Å². The Morgan fingerprint density at radius 1 is 1.07 bits per heavy atom. The molecular weight excluding hydrogens is 545 g/mol. The fourth-order valence-electron chi connectivity index (χ4n) is 4.88. The van der Waals surface area contributed by atoms with Crippen molar-refractivity contribution >= 4 is 20.3 Å². The van der Waals surface area contributed by atoms with Gasteiger partial charge in [0.1, 0.15) is 17.7 Å². The van der Waals surface area contributed by atoms with Crippen molar-refractivity contribution in [3.63, 3.8) is 0 Å². The Bertz CT molecular complexity index is 1060. The van der Waals surface area contributed by atoms with Gasteiger partial charge in [-0.25, -0.2) is 9.18 Å². The summed E-state index contributed by atoms with van der Waals surface area (Å²) in [6.45, 7) is 17.8. The van der Waals surface area contributed by atoms with Gasteiger partial charge in [-0.05, 0) is 89.4 Å². The summed E-state index contributed by atoms with van der Waals surface area (Å²) in [5.41, 5.74) is -0.265. The average Bonchev–Trinajstić information content (AvgIpc) is 3.37. The SMILES string of the molecule is COc1nc(OC2CCC(CO[Si](C)(C)C(C)(C)C)CC2)c(F)cc1CNC(=O)C1CCCN1C(=O)OC(C)(C)C. The van der Waals surface area contributed by atoms with Crippen LogP contribution in [0.15, 0.2) is 6.07 Å². The Morgan fingerprint density at radius 2 is 1.73 bits per heavy atom. The highest BCUT2D eigenvalue weighted by atomic mass is 28.4. The highest BCUT2D eigenvalue weighted by Gasteiger charge is 2.38. The molecule has 232 valence electrons. The van der Waals surface area contributed by atoms with E-state index in [2.05, 4.69) is 44.2 Å². The molecule has 0 spiro atoms. The summed E-state index contributed by atoms with van der Waals surface area (Å²) < 4.78 is 38.3. The molecular formula is C30H50FN3O6Si. The number of nitrogens with zero attached hydrogens (tertiary/aromatic N) is 2. The van der Waals surface area contributed by atoms with Gasteiger partial charge >= 0.3 is 6.09 Å². The molecule has 2 aliphatic rings. The molecule has 41 heavy (non-hydrogen) atoms. The smallest absolute Gasteiger partial charge is 0.410 e. The minimum absolute atomic E-state index is 0.00417. The number of carbonyl (C=O) groups is 2. The number of hydrogen-bond acceptors (Lipinski definition) is 7. The van der Waals surface area contributed by atoms with Gasteiger partial charge in [-0.1, -0.05) is 20.8 Å². The van der Waals surface area contributed by atoms with Gasteiger partial charge in [-0.15, -0.1) is 0 Å². The molecule has 1 N–H and O–H groups in total. The maximum atomic E-state index is 15.1. The molecule has 2 fully saturated rings. The highest BCUT2D eigenvalue weighted by molar-refractivity contribution is 6.74. The molecule has 0 radical (unpaired) electrons. The van der Waals surface area contributed by atoms with E-state index in [0.717, 1.165) is 32.3 Å². The summed E-state index contributed by atoms with van der Waals surface area (Å²) in [4.78, 5) is 31.2. The normalized spacial score (nSPS) is 21.9. The molecule has 11 heteroatoms. The lowest BCUT2D eigenvalue weighted by atomic mass is 9.88. The number of aromatic nitrogens is 1. The summed E-state index contributed by atoms with van der Waals surface area (Å²) in [6, 6.07) is 0.652. The number of pyridine rings is 1. The van der Waals surface area contributed by atoms with Crippen molar-refractivity contribution in [2.24, 2.45) is 5.92 Å². The van der Waals surface area contributed by atoms with Crippen LogP contribution in [0.4, 0.5) is 9.18 Å². The summed E-state index contributed by atoms with van der Waals surface area (Å²) >= 11 is 0. The molecule has 9 nitrogen and oxygen atoms in total. The number of rotatable bonds is 9. The third-order valence-electron chi connectivity index (χ3n) is 8.37. The average molecular weight is 596 g/mol. The third-order valence-corrected chi connectivity index (χ3v) is 12.9. The van der Waals surface area contributed by atoms with E-state index >= 15 is 4.39 Å².